The molecule has 7 nitrogen and oxygen atoms in total. The molecule has 1 aromatic carbocycles. The van der Waals surface area contributed by atoms with Crippen molar-refractivity contribution in [1.82, 2.24) is 4.90 Å². The van der Waals surface area contributed by atoms with Gasteiger partial charge in [0.2, 0.25) is 0 Å². The highest BCUT2D eigenvalue weighted by Crippen LogP contribution is 2.30. The largest absolute Gasteiger partial charge is 0.465 e. The number of ether oxygens (including phenoxy) is 2. The lowest BCUT2D eigenvalue weighted by atomic mass is 9.98. The van der Waals surface area contributed by atoms with Crippen LogP contribution in [0.1, 0.15) is 15.9 Å². The van der Waals surface area contributed by atoms with E-state index in [0.717, 1.165) is 5.56 Å². The zero-order chi connectivity index (χ0) is 19.6. The number of anilines is 1. The van der Waals surface area contributed by atoms with Crippen molar-refractivity contribution >= 4 is 23.5 Å². The Labute approximate surface area is 157 Å². The lowest BCUT2D eigenvalue weighted by Gasteiger charge is -2.28. The molecule has 1 amide bonds. The first-order valence-corrected chi connectivity index (χ1v) is 8.41. The summed E-state index contributed by atoms with van der Waals surface area (Å²) in [6.45, 7) is 0.625. The van der Waals surface area contributed by atoms with Gasteiger partial charge in [0.25, 0.3) is 5.91 Å². The van der Waals surface area contributed by atoms with E-state index in [-0.39, 0.29) is 17.2 Å². The monoisotopic (exact) mass is 368 g/mol. The maximum Gasteiger partial charge on any atom is 0.355 e. The van der Waals surface area contributed by atoms with E-state index in [0.29, 0.717) is 24.2 Å². The quantitative estimate of drug-likeness (QED) is 0.758. The normalized spacial score (nSPS) is 16.2. The van der Waals surface area contributed by atoms with E-state index in [1.165, 1.54) is 20.3 Å². The molecule has 0 saturated heterocycles. The van der Waals surface area contributed by atoms with Crippen LogP contribution in [0.5, 0.6) is 0 Å². The Morgan fingerprint density at radius 1 is 1.07 bits per heavy atom. The molecule has 2 heterocycles. The van der Waals surface area contributed by atoms with Crippen molar-refractivity contribution in [2.75, 3.05) is 32.7 Å². The minimum atomic E-state index is -0.667. The van der Waals surface area contributed by atoms with E-state index in [9.17, 15) is 14.4 Å². The number of hydrogen-bond acceptors (Lipinski definition) is 6. The van der Waals surface area contributed by atoms with Gasteiger partial charge in [0.15, 0.2) is 0 Å². The Kier molecular flexibility index (Phi) is 5.12. The molecule has 0 unspecified atom stereocenters. The lowest BCUT2D eigenvalue weighted by molar-refractivity contribution is -0.139. The number of allylic oxidation sites excluding steroid dienone is 2. The number of amides is 1. The molecule has 2 aliphatic rings. The smallest absolute Gasteiger partial charge is 0.355 e. The van der Waals surface area contributed by atoms with Gasteiger partial charge >= 0.3 is 11.9 Å². The number of rotatable bonds is 3. The maximum atomic E-state index is 12.5. The predicted octanol–water partition coefficient (Wildman–Crippen LogP) is 1.80. The SMILES string of the molecule is COC(=O)C1=C(C(=O)OC)N(c2ccc3c(c2)CCN(C)C3=O)C=CC=C1. The second-order valence-electron chi connectivity index (χ2n) is 6.13. The van der Waals surface area contributed by atoms with Gasteiger partial charge in [-0.15, -0.1) is 0 Å². The fourth-order valence-electron chi connectivity index (χ4n) is 3.11. The van der Waals surface area contributed by atoms with Crippen LogP contribution in [0, 0.1) is 0 Å². The first kappa shape index (κ1) is 18.4. The number of carbonyl (C=O) groups is 3. The van der Waals surface area contributed by atoms with E-state index >= 15 is 0 Å². The maximum absolute atomic E-state index is 12.5. The Hall–Kier alpha value is -3.35. The summed E-state index contributed by atoms with van der Waals surface area (Å²) in [6, 6.07) is 5.33. The molecule has 27 heavy (non-hydrogen) atoms. The van der Waals surface area contributed by atoms with Gasteiger partial charge in [0.1, 0.15) is 5.70 Å². The molecular weight excluding hydrogens is 348 g/mol. The van der Waals surface area contributed by atoms with Gasteiger partial charge in [-0.05, 0) is 42.3 Å². The molecule has 0 aliphatic carbocycles. The van der Waals surface area contributed by atoms with Crippen LogP contribution in [0.2, 0.25) is 0 Å². The molecule has 140 valence electrons. The van der Waals surface area contributed by atoms with Crippen molar-refractivity contribution in [1.29, 1.82) is 0 Å². The molecule has 1 aromatic rings. The molecule has 2 aliphatic heterocycles. The van der Waals surface area contributed by atoms with E-state index in [1.54, 1.807) is 47.3 Å². The molecule has 0 spiro atoms. The number of hydrogen-bond donors (Lipinski definition) is 0. The molecule has 0 bridgehead atoms. The predicted molar refractivity (Wildman–Crippen MR) is 98.9 cm³/mol. The summed E-state index contributed by atoms with van der Waals surface area (Å²) in [6.07, 6.45) is 7.23. The van der Waals surface area contributed by atoms with Gasteiger partial charge < -0.3 is 19.3 Å². The van der Waals surface area contributed by atoms with Crippen LogP contribution in [0.25, 0.3) is 0 Å². The zero-order valence-corrected chi connectivity index (χ0v) is 15.4. The summed E-state index contributed by atoms with van der Waals surface area (Å²) in [4.78, 5) is 40.2. The molecule has 7 heteroatoms. The molecule has 0 fully saturated rings. The van der Waals surface area contributed by atoms with Gasteiger partial charge in [-0.1, -0.05) is 6.08 Å². The van der Waals surface area contributed by atoms with Crippen molar-refractivity contribution in [2.24, 2.45) is 0 Å². The third-order valence-electron chi connectivity index (χ3n) is 4.55. The van der Waals surface area contributed by atoms with Gasteiger partial charge in [-0.25, -0.2) is 9.59 Å². The number of esters is 2. The van der Waals surface area contributed by atoms with Crippen molar-refractivity contribution in [2.45, 2.75) is 6.42 Å². The summed E-state index contributed by atoms with van der Waals surface area (Å²) < 4.78 is 9.70. The van der Waals surface area contributed by atoms with Crippen LogP contribution in [-0.4, -0.2) is 50.6 Å². The van der Waals surface area contributed by atoms with Crippen LogP contribution >= 0.6 is 0 Å². The third kappa shape index (κ3) is 3.36. The number of fused-ring (bicyclic) bond motifs is 1. The molecule has 3 rings (SSSR count). The van der Waals surface area contributed by atoms with E-state index in [2.05, 4.69) is 0 Å². The zero-order valence-electron chi connectivity index (χ0n) is 15.4. The number of nitrogens with zero attached hydrogens (tertiary/aromatic N) is 2. The van der Waals surface area contributed by atoms with Gasteiger partial charge in [-0.2, -0.15) is 0 Å². The molecule has 0 aromatic heterocycles. The standard InChI is InChI=1S/C20H20N2O5/c1-21-11-9-13-12-14(7-8-15(13)18(21)23)22-10-5-4-6-16(19(24)26-2)17(22)20(25)27-3/h4-8,10,12H,9,11H2,1-3H3. The Morgan fingerprint density at radius 3 is 2.52 bits per heavy atom. The van der Waals surface area contributed by atoms with Crippen LogP contribution in [0.4, 0.5) is 5.69 Å². The van der Waals surface area contributed by atoms with Crippen molar-refractivity contribution < 1.29 is 23.9 Å². The molecule has 0 radical (unpaired) electrons. The Morgan fingerprint density at radius 2 is 1.81 bits per heavy atom. The van der Waals surface area contributed by atoms with E-state index < -0.39 is 11.9 Å². The summed E-state index contributed by atoms with van der Waals surface area (Å²) in [5.74, 6) is -1.34. The minimum Gasteiger partial charge on any atom is -0.465 e. The Bertz CT molecular complexity index is 898. The summed E-state index contributed by atoms with van der Waals surface area (Å²) in [5.41, 5.74) is 2.32. The minimum absolute atomic E-state index is 0.0325. The highest BCUT2D eigenvalue weighted by atomic mass is 16.5. The van der Waals surface area contributed by atoms with Gasteiger partial charge in [-0.3, -0.25) is 4.79 Å². The van der Waals surface area contributed by atoms with Crippen LogP contribution in [0.15, 0.2) is 53.9 Å². The molecular formula is C20H20N2O5. The number of likely N-dealkylation sites (N-methyl/N-ethyl adjacent to an activating group) is 1. The van der Waals surface area contributed by atoms with Crippen LogP contribution < -0.4 is 4.90 Å². The second-order valence-corrected chi connectivity index (χ2v) is 6.13. The number of benzene rings is 1. The van der Waals surface area contributed by atoms with Crippen molar-refractivity contribution in [3.63, 3.8) is 0 Å². The van der Waals surface area contributed by atoms with Crippen molar-refractivity contribution in [3.8, 4) is 0 Å². The molecule has 0 N–H and O–H groups in total. The van der Waals surface area contributed by atoms with Gasteiger partial charge in [0.05, 0.1) is 19.8 Å². The number of carbonyl (C=O) groups excluding carboxylic acids is 3. The van der Waals surface area contributed by atoms with Gasteiger partial charge in [0, 0.05) is 31.0 Å². The molecule has 0 atom stereocenters. The second kappa shape index (κ2) is 7.49. The highest BCUT2D eigenvalue weighted by Gasteiger charge is 2.29. The third-order valence-corrected chi connectivity index (χ3v) is 4.55. The summed E-state index contributed by atoms with van der Waals surface area (Å²) in [7, 11) is 4.27. The average Bonchev–Trinajstić information content (AvgIpc) is 2.92. The topological polar surface area (TPSA) is 76.2 Å². The highest BCUT2D eigenvalue weighted by molar-refractivity contribution is 6.05. The van der Waals surface area contributed by atoms with E-state index in [1.807, 2.05) is 6.07 Å². The summed E-state index contributed by atoms with van der Waals surface area (Å²) in [5, 5.41) is 0. The fourth-order valence-corrected chi connectivity index (χ4v) is 3.11. The summed E-state index contributed by atoms with van der Waals surface area (Å²) >= 11 is 0. The van der Waals surface area contributed by atoms with Crippen LogP contribution in [-0.2, 0) is 25.5 Å². The van der Waals surface area contributed by atoms with E-state index in [4.69, 9.17) is 9.47 Å². The average molecular weight is 368 g/mol. The molecule has 0 saturated carbocycles. The van der Waals surface area contributed by atoms with Crippen molar-refractivity contribution in [3.05, 3.63) is 65.0 Å². The van der Waals surface area contributed by atoms with Crippen LogP contribution in [0.3, 0.4) is 0 Å². The first-order valence-electron chi connectivity index (χ1n) is 8.41. The Balaban J connectivity index is 2.12. The first-order chi connectivity index (χ1) is 13.0. The lowest BCUT2D eigenvalue weighted by Crippen LogP contribution is -2.34. The fraction of sp³-hybridized carbons (Fsp3) is 0.250. The number of methoxy groups -OCH3 is 2.